The molecule has 0 aliphatic carbocycles. The maximum atomic E-state index is 8.12. The monoisotopic (exact) mass is 163 g/mol. The van der Waals surface area contributed by atoms with Gasteiger partial charge in [0, 0.05) is 0 Å². The lowest BCUT2D eigenvalue weighted by molar-refractivity contribution is 0.346. The first-order valence-corrected chi connectivity index (χ1v) is 4.07. The van der Waals surface area contributed by atoms with Crippen molar-refractivity contribution in [1.82, 2.24) is 0 Å². The van der Waals surface area contributed by atoms with Crippen LogP contribution in [0.5, 0.6) is 0 Å². The van der Waals surface area contributed by atoms with Crippen molar-refractivity contribution in [1.29, 1.82) is 5.26 Å². The number of ether oxygens (including phenoxy) is 1. The highest BCUT2D eigenvalue weighted by Crippen LogP contribution is 1.95. The van der Waals surface area contributed by atoms with Gasteiger partial charge in [0.1, 0.15) is 4.38 Å². The minimum Gasteiger partial charge on any atom is -0.335 e. The highest BCUT2D eigenvalue weighted by molar-refractivity contribution is 8.17. The fraction of sp³-hybridized carbons (Fsp3) is 0.600. The van der Waals surface area contributed by atoms with Crippen LogP contribution in [0.4, 0.5) is 0 Å². The number of thiol groups is 2. The van der Waals surface area contributed by atoms with Gasteiger partial charge in [-0.05, 0) is 6.92 Å². The van der Waals surface area contributed by atoms with Crippen molar-refractivity contribution in [3.05, 3.63) is 0 Å². The lowest BCUT2D eigenvalue weighted by atomic mass is 10.9. The predicted molar refractivity (Wildman–Crippen MR) is 45.1 cm³/mol. The molecule has 0 aromatic carbocycles. The summed E-state index contributed by atoms with van der Waals surface area (Å²) in [6.45, 7) is 2.51. The molecule has 0 amide bonds. The largest absolute Gasteiger partial charge is 0.335 e. The molecule has 0 bridgehead atoms. The van der Waals surface area contributed by atoms with Gasteiger partial charge in [-0.25, -0.2) is 0 Å². The number of hydrogen-bond donors (Lipinski definition) is 2. The normalized spacial score (nSPS) is 11.9. The molecule has 0 atom stereocenters. The van der Waals surface area contributed by atoms with E-state index in [1.54, 1.807) is 0 Å². The summed E-state index contributed by atoms with van der Waals surface area (Å²) in [5.41, 5.74) is 0. The Hall–Kier alpha value is 0.0200. The summed E-state index contributed by atoms with van der Waals surface area (Å²) in [4.78, 5) is 0. The number of nitrogens with zero attached hydrogens (tertiary/aromatic N) is 1. The second-order valence-electron chi connectivity index (χ2n) is 1.19. The van der Waals surface area contributed by atoms with Crippen molar-refractivity contribution in [2.75, 3.05) is 12.4 Å². The Morgan fingerprint density at radius 3 is 3.00 bits per heavy atom. The summed E-state index contributed by atoms with van der Waals surface area (Å²) in [5, 5.41) is 8.12. The van der Waals surface area contributed by atoms with Crippen LogP contribution in [-0.4, -0.2) is 16.7 Å². The molecule has 0 aromatic heterocycles. The molecule has 0 saturated heterocycles. The quantitative estimate of drug-likeness (QED) is 0.471. The lowest BCUT2D eigenvalue weighted by Gasteiger charge is -1.94. The first kappa shape index (κ1) is 9.02. The fourth-order valence-electron chi connectivity index (χ4n) is 0.278. The molecular weight excluding hydrogens is 154 g/mol. The van der Waals surface area contributed by atoms with Crippen LogP contribution < -0.4 is 0 Å². The highest BCUT2D eigenvalue weighted by Gasteiger charge is 1.84. The molecule has 0 aliphatic rings. The summed E-state index contributed by atoms with van der Waals surface area (Å²) < 4.78 is 5.59. The summed E-state index contributed by atoms with van der Waals surface area (Å²) in [6.07, 6.45) is 0. The van der Waals surface area contributed by atoms with Crippen LogP contribution >= 0.6 is 24.0 Å². The SMILES string of the molecule is CCOC(S)=[SH]CC#N. The predicted octanol–water partition coefficient (Wildman–Crippen LogP) is 1.03. The zero-order valence-corrected chi connectivity index (χ0v) is 6.95. The Kier molecular flexibility index (Phi) is 6.16. The van der Waals surface area contributed by atoms with Crippen molar-refractivity contribution >= 4 is 28.4 Å². The molecule has 4 heteroatoms. The maximum absolute atomic E-state index is 8.12. The Morgan fingerprint density at radius 2 is 2.56 bits per heavy atom. The molecule has 2 nitrogen and oxygen atoms in total. The minimum absolute atomic E-state index is 0.457. The highest BCUT2D eigenvalue weighted by atomic mass is 32.2. The van der Waals surface area contributed by atoms with Gasteiger partial charge in [-0.2, -0.15) is 5.26 Å². The van der Waals surface area contributed by atoms with Gasteiger partial charge in [0.15, 0.2) is 0 Å². The van der Waals surface area contributed by atoms with Gasteiger partial charge in [-0.1, -0.05) is 0 Å². The topological polar surface area (TPSA) is 33.0 Å². The first-order valence-electron chi connectivity index (χ1n) is 2.54. The van der Waals surface area contributed by atoms with Crippen LogP contribution in [0.25, 0.3) is 0 Å². The van der Waals surface area contributed by atoms with Crippen LogP contribution in [-0.2, 0) is 4.74 Å². The Bertz CT molecular complexity index is 138. The van der Waals surface area contributed by atoms with Gasteiger partial charge in [0.25, 0.3) is 0 Å². The van der Waals surface area contributed by atoms with Gasteiger partial charge in [0.05, 0.1) is 18.4 Å². The zero-order valence-electron chi connectivity index (χ0n) is 5.16. The average Bonchev–Trinajstić information content (AvgIpc) is 1.85. The van der Waals surface area contributed by atoms with Crippen LogP contribution in [0.1, 0.15) is 6.92 Å². The van der Waals surface area contributed by atoms with Crippen LogP contribution in [0, 0.1) is 11.3 Å². The molecule has 9 heavy (non-hydrogen) atoms. The summed E-state index contributed by atoms with van der Waals surface area (Å²) in [6, 6.07) is 1.99. The van der Waals surface area contributed by atoms with Crippen molar-refractivity contribution in [3.63, 3.8) is 0 Å². The third-order valence-electron chi connectivity index (χ3n) is 0.558. The molecule has 0 aromatic rings. The van der Waals surface area contributed by atoms with Crippen LogP contribution in [0.15, 0.2) is 0 Å². The average molecular weight is 163 g/mol. The second-order valence-corrected chi connectivity index (χ2v) is 2.99. The van der Waals surface area contributed by atoms with Gasteiger partial charge >= 0.3 is 0 Å². The van der Waals surface area contributed by atoms with Crippen molar-refractivity contribution in [3.8, 4) is 6.07 Å². The van der Waals surface area contributed by atoms with Crippen molar-refractivity contribution < 1.29 is 4.74 Å². The van der Waals surface area contributed by atoms with E-state index in [1.165, 1.54) is 0 Å². The van der Waals surface area contributed by atoms with E-state index in [1.807, 2.05) is 13.0 Å². The Labute approximate surface area is 64.2 Å². The molecule has 52 valence electrons. The minimum atomic E-state index is 0.457. The molecule has 0 radical (unpaired) electrons. The molecule has 0 spiro atoms. The summed E-state index contributed by atoms with van der Waals surface area (Å²) in [5.74, 6) is 0.457. The zero-order chi connectivity index (χ0) is 7.11. The molecule has 0 heterocycles. The second kappa shape index (κ2) is 6.14. The fourth-order valence-corrected chi connectivity index (χ4v) is 1.05. The van der Waals surface area contributed by atoms with E-state index in [2.05, 4.69) is 12.6 Å². The molecule has 0 fully saturated rings. The summed E-state index contributed by atoms with van der Waals surface area (Å²) >= 11 is 4.83. The van der Waals surface area contributed by atoms with E-state index in [9.17, 15) is 0 Å². The maximum Gasteiger partial charge on any atom is 0.128 e. The Balaban J connectivity index is 3.45. The standard InChI is InChI=1S/C5H9NOS2/c1-2-7-5(8)9-4-3-6/h8-9H,2,4H2,1H3. The van der Waals surface area contributed by atoms with E-state index in [0.29, 0.717) is 16.7 Å². The van der Waals surface area contributed by atoms with Crippen molar-refractivity contribution in [2.24, 2.45) is 0 Å². The van der Waals surface area contributed by atoms with Crippen molar-refractivity contribution in [2.45, 2.75) is 6.92 Å². The van der Waals surface area contributed by atoms with E-state index < -0.39 is 0 Å². The van der Waals surface area contributed by atoms with E-state index in [0.717, 1.165) is 11.4 Å². The molecule has 0 saturated carbocycles. The van der Waals surface area contributed by atoms with Crippen LogP contribution in [0.3, 0.4) is 0 Å². The molecule has 0 N–H and O–H groups in total. The number of rotatable bonds is 2. The molecule has 0 unspecified atom stereocenters. The lowest BCUT2D eigenvalue weighted by Crippen LogP contribution is -1.92. The molecule has 0 rings (SSSR count). The molecular formula is C5H9NOS2. The van der Waals surface area contributed by atoms with Crippen LogP contribution in [0.2, 0.25) is 0 Å². The van der Waals surface area contributed by atoms with Gasteiger partial charge < -0.3 is 4.74 Å². The van der Waals surface area contributed by atoms with E-state index in [-0.39, 0.29) is 0 Å². The number of nitriles is 1. The third-order valence-corrected chi connectivity index (χ3v) is 1.81. The smallest absolute Gasteiger partial charge is 0.128 e. The van der Waals surface area contributed by atoms with Gasteiger partial charge in [-0.15, -0.1) is 24.0 Å². The van der Waals surface area contributed by atoms with E-state index >= 15 is 0 Å². The molecule has 0 aliphatic heterocycles. The Morgan fingerprint density at radius 1 is 1.89 bits per heavy atom. The van der Waals surface area contributed by atoms with E-state index in [4.69, 9.17) is 10.00 Å². The van der Waals surface area contributed by atoms with Gasteiger partial charge in [0.2, 0.25) is 0 Å². The van der Waals surface area contributed by atoms with Gasteiger partial charge in [-0.3, -0.25) is 0 Å². The first-order chi connectivity index (χ1) is 4.31. The summed E-state index contributed by atoms with van der Waals surface area (Å²) in [7, 11) is 0. The number of hydrogen-bond acceptors (Lipinski definition) is 2. The third kappa shape index (κ3) is 5.90.